The molecule has 46 heavy (non-hydrogen) atoms. The van der Waals surface area contributed by atoms with Crippen molar-refractivity contribution in [2.24, 2.45) is 5.73 Å². The fourth-order valence-corrected chi connectivity index (χ4v) is 5.95. The molecule has 5 N–H and O–H groups in total. The van der Waals surface area contributed by atoms with Gasteiger partial charge in [0, 0.05) is 79.3 Å². The third-order valence-corrected chi connectivity index (χ3v) is 8.58. The second-order valence-electron chi connectivity index (χ2n) is 10.3. The maximum Gasteiger partial charge on any atom is 0.490 e. The highest BCUT2D eigenvalue weighted by atomic mass is 35.5. The van der Waals surface area contributed by atoms with Gasteiger partial charge in [-0.15, -0.1) is 11.3 Å². The Bertz CT molecular complexity index is 1440. The molecule has 4 rings (SSSR count). The number of anilines is 1. The van der Waals surface area contributed by atoms with Gasteiger partial charge >= 0.3 is 12.1 Å². The Morgan fingerprint density at radius 3 is 2.30 bits per heavy atom. The van der Waals surface area contributed by atoms with Gasteiger partial charge in [-0.3, -0.25) is 9.59 Å². The highest BCUT2D eigenvalue weighted by Gasteiger charge is 2.38. The van der Waals surface area contributed by atoms with Gasteiger partial charge < -0.3 is 31.3 Å². The van der Waals surface area contributed by atoms with Crippen molar-refractivity contribution in [3.8, 4) is 0 Å². The standard InChI is InChI=1S/C29H35Cl2N5O2S.C2HF3O2/c30-23-8-7-21(25(31)19-23)18-26(34-28(37)9-11-32)29(38)36-15-13-35(14-16-36)27-6-2-1-4-22(27)20-33-12-10-24-5-3-17-39-24;3-2(4,5)1(6)7/h1-8,17,19,26,33H,9-16,18,20,32H2,(H,34,37);(H,6,7)/t26-;/m1./s1. The molecule has 250 valence electrons. The monoisotopic (exact) mass is 701 g/mol. The summed E-state index contributed by atoms with van der Waals surface area (Å²) in [6.07, 6.45) is -3.62. The van der Waals surface area contributed by atoms with Crippen LogP contribution in [0.3, 0.4) is 0 Å². The lowest BCUT2D eigenvalue weighted by atomic mass is 10.0. The Balaban J connectivity index is 0.000000738. The van der Waals surface area contributed by atoms with Gasteiger partial charge in [0.15, 0.2) is 0 Å². The number of thiophene rings is 1. The molecule has 1 saturated heterocycles. The molecule has 2 aromatic carbocycles. The number of benzene rings is 2. The summed E-state index contributed by atoms with van der Waals surface area (Å²) in [4.78, 5) is 40.4. The highest BCUT2D eigenvalue weighted by Crippen LogP contribution is 2.25. The van der Waals surface area contributed by atoms with Crippen LogP contribution in [0.15, 0.2) is 60.0 Å². The molecule has 0 unspecified atom stereocenters. The Labute approximate surface area is 279 Å². The Morgan fingerprint density at radius 2 is 1.70 bits per heavy atom. The van der Waals surface area contributed by atoms with Crippen LogP contribution in [0.2, 0.25) is 10.0 Å². The van der Waals surface area contributed by atoms with Crippen molar-refractivity contribution in [3.05, 3.63) is 86.0 Å². The SMILES string of the molecule is NCCC(=O)N[C@H](Cc1ccc(Cl)cc1Cl)C(=O)N1CCN(c2ccccc2CNCCc2cccs2)CC1.O=C(O)C(F)(F)F. The Hall–Kier alpha value is -3.36. The van der Waals surface area contributed by atoms with Gasteiger partial charge in [-0.05, 0) is 47.2 Å². The second kappa shape index (κ2) is 18.1. The van der Waals surface area contributed by atoms with E-state index in [-0.39, 0.29) is 31.2 Å². The van der Waals surface area contributed by atoms with Crippen molar-refractivity contribution in [3.63, 3.8) is 0 Å². The first-order valence-electron chi connectivity index (χ1n) is 14.5. The van der Waals surface area contributed by atoms with Crippen LogP contribution in [0.1, 0.15) is 22.4 Å². The number of carbonyl (C=O) groups excluding carboxylic acids is 2. The predicted molar refractivity (Wildman–Crippen MR) is 174 cm³/mol. The van der Waals surface area contributed by atoms with E-state index in [1.54, 1.807) is 29.5 Å². The smallest absolute Gasteiger partial charge is 0.475 e. The molecule has 3 aromatic rings. The molecule has 0 bridgehead atoms. The molecular formula is C31H36Cl2F3N5O4S. The van der Waals surface area contributed by atoms with E-state index in [0.717, 1.165) is 25.1 Å². The van der Waals surface area contributed by atoms with E-state index in [0.29, 0.717) is 36.2 Å². The van der Waals surface area contributed by atoms with E-state index in [4.69, 9.17) is 38.8 Å². The molecule has 0 spiro atoms. The van der Waals surface area contributed by atoms with Crippen molar-refractivity contribution in [1.82, 2.24) is 15.5 Å². The number of piperazine rings is 1. The molecule has 15 heteroatoms. The molecule has 0 aliphatic carbocycles. The molecule has 1 atom stereocenters. The average Bonchev–Trinajstić information content (AvgIpc) is 3.54. The van der Waals surface area contributed by atoms with Crippen LogP contribution in [-0.2, 0) is 33.8 Å². The predicted octanol–water partition coefficient (Wildman–Crippen LogP) is 4.75. The van der Waals surface area contributed by atoms with Gasteiger partial charge in [-0.1, -0.05) is 53.5 Å². The van der Waals surface area contributed by atoms with Gasteiger partial charge in [0.05, 0.1) is 0 Å². The molecule has 9 nitrogen and oxygen atoms in total. The molecule has 2 heterocycles. The van der Waals surface area contributed by atoms with Gasteiger partial charge in [0.2, 0.25) is 11.8 Å². The van der Waals surface area contributed by atoms with Crippen LogP contribution in [0.25, 0.3) is 0 Å². The summed E-state index contributed by atoms with van der Waals surface area (Å²) in [5.41, 5.74) is 8.75. The maximum absolute atomic E-state index is 13.6. The number of nitrogens with one attached hydrogen (secondary N) is 2. The van der Waals surface area contributed by atoms with Crippen LogP contribution in [-0.4, -0.2) is 79.3 Å². The Kier molecular flexibility index (Phi) is 14.6. The fourth-order valence-electron chi connectivity index (χ4n) is 4.75. The van der Waals surface area contributed by atoms with E-state index in [9.17, 15) is 22.8 Å². The number of hydrogen-bond acceptors (Lipinski definition) is 7. The number of para-hydroxylation sites is 1. The first-order valence-corrected chi connectivity index (χ1v) is 16.1. The summed E-state index contributed by atoms with van der Waals surface area (Å²) in [6.45, 7) is 4.48. The highest BCUT2D eigenvalue weighted by molar-refractivity contribution is 7.09. The summed E-state index contributed by atoms with van der Waals surface area (Å²) in [5, 5.41) is 16.7. The first-order chi connectivity index (χ1) is 21.9. The number of alkyl halides is 3. The lowest BCUT2D eigenvalue weighted by Crippen LogP contribution is -2.56. The molecule has 1 aliphatic heterocycles. The number of carboxylic acid groups (broad SMARTS) is 1. The number of rotatable bonds is 12. The normalized spacial score (nSPS) is 13.9. The molecule has 0 saturated carbocycles. The molecule has 1 fully saturated rings. The number of carboxylic acids is 1. The second-order valence-corrected chi connectivity index (χ2v) is 12.2. The van der Waals surface area contributed by atoms with Crippen molar-refractivity contribution in [2.45, 2.75) is 38.0 Å². The van der Waals surface area contributed by atoms with Crippen LogP contribution in [0, 0.1) is 0 Å². The number of hydrogen-bond donors (Lipinski definition) is 4. The summed E-state index contributed by atoms with van der Waals surface area (Å²) in [5.74, 6) is -3.12. The summed E-state index contributed by atoms with van der Waals surface area (Å²) in [7, 11) is 0. The third kappa shape index (κ3) is 11.8. The van der Waals surface area contributed by atoms with Crippen molar-refractivity contribution in [1.29, 1.82) is 0 Å². The Morgan fingerprint density at radius 1 is 1.00 bits per heavy atom. The minimum absolute atomic E-state index is 0.116. The van der Waals surface area contributed by atoms with Crippen molar-refractivity contribution >= 4 is 58.0 Å². The fraction of sp³-hybridized carbons (Fsp3) is 0.387. The van der Waals surface area contributed by atoms with Crippen LogP contribution >= 0.6 is 34.5 Å². The zero-order valence-corrected chi connectivity index (χ0v) is 27.2. The first kappa shape index (κ1) is 37.1. The van der Waals surface area contributed by atoms with E-state index in [2.05, 4.69) is 57.3 Å². The largest absolute Gasteiger partial charge is 0.490 e. The number of carbonyl (C=O) groups is 3. The number of nitrogens with two attached hydrogens (primary N) is 1. The lowest BCUT2D eigenvalue weighted by Gasteiger charge is -2.38. The van der Waals surface area contributed by atoms with Crippen molar-refractivity contribution < 1.29 is 32.7 Å². The molecule has 2 amide bonds. The van der Waals surface area contributed by atoms with E-state index >= 15 is 0 Å². The average molecular weight is 703 g/mol. The molecule has 1 aromatic heterocycles. The zero-order chi connectivity index (χ0) is 33.7. The molecular weight excluding hydrogens is 666 g/mol. The summed E-state index contributed by atoms with van der Waals surface area (Å²) < 4.78 is 31.7. The topological polar surface area (TPSA) is 128 Å². The minimum Gasteiger partial charge on any atom is -0.475 e. The number of halogens is 5. The van der Waals surface area contributed by atoms with Crippen LogP contribution in [0.5, 0.6) is 0 Å². The van der Waals surface area contributed by atoms with E-state index in [1.807, 2.05) is 4.90 Å². The van der Waals surface area contributed by atoms with Gasteiger partial charge in [0.1, 0.15) is 6.04 Å². The summed E-state index contributed by atoms with van der Waals surface area (Å²) in [6, 6.07) is 17.1. The van der Waals surface area contributed by atoms with Crippen LogP contribution in [0.4, 0.5) is 18.9 Å². The number of amides is 2. The van der Waals surface area contributed by atoms with Gasteiger partial charge in [-0.25, -0.2) is 4.79 Å². The number of nitrogens with zero attached hydrogens (tertiary/aromatic N) is 2. The number of aliphatic carboxylic acids is 1. The van der Waals surface area contributed by atoms with Crippen LogP contribution < -0.4 is 21.3 Å². The van der Waals surface area contributed by atoms with E-state index < -0.39 is 18.2 Å². The zero-order valence-electron chi connectivity index (χ0n) is 24.9. The van der Waals surface area contributed by atoms with Gasteiger partial charge in [-0.2, -0.15) is 13.2 Å². The lowest BCUT2D eigenvalue weighted by molar-refractivity contribution is -0.192. The third-order valence-electron chi connectivity index (χ3n) is 7.05. The van der Waals surface area contributed by atoms with Gasteiger partial charge in [0.25, 0.3) is 0 Å². The molecule has 1 aliphatic rings. The van der Waals surface area contributed by atoms with Crippen molar-refractivity contribution in [2.75, 3.05) is 44.2 Å². The van der Waals surface area contributed by atoms with E-state index in [1.165, 1.54) is 16.1 Å². The quantitative estimate of drug-likeness (QED) is 0.201. The minimum atomic E-state index is -5.08. The maximum atomic E-state index is 13.6. The summed E-state index contributed by atoms with van der Waals surface area (Å²) >= 11 is 14.2. The molecule has 0 radical (unpaired) electrons.